The summed E-state index contributed by atoms with van der Waals surface area (Å²) in [6.07, 6.45) is 1.15. The molecule has 0 aliphatic carbocycles. The van der Waals surface area contributed by atoms with Crippen LogP contribution in [0.5, 0.6) is 0 Å². The topological polar surface area (TPSA) is 41.5 Å². The molecule has 1 fully saturated rings. The molecule has 3 nitrogen and oxygen atoms in total. The summed E-state index contributed by atoms with van der Waals surface area (Å²) in [5, 5.41) is 12.2. The molecule has 0 spiro atoms. The average Bonchev–Trinajstić information content (AvgIpc) is 2.15. The second-order valence-electron chi connectivity index (χ2n) is 3.91. The lowest BCUT2D eigenvalue weighted by Crippen LogP contribution is -2.51. The maximum absolute atomic E-state index is 11.9. The number of aliphatic hydroxyl groups excluding tert-OH is 1. The fraction of sp³-hybridized carbons (Fsp3) is 1.00. The van der Waals surface area contributed by atoms with Crippen LogP contribution in [-0.2, 0) is 4.74 Å². The zero-order chi connectivity index (χ0) is 9.73. The number of nitrogens with one attached hydrogen (secondary N) is 1. The Balaban J connectivity index is 2.24. The van der Waals surface area contributed by atoms with Gasteiger partial charge in [0.25, 0.3) is 0 Å². The van der Waals surface area contributed by atoms with Crippen molar-refractivity contribution in [3.8, 4) is 0 Å². The Morgan fingerprint density at radius 3 is 3.00 bits per heavy atom. The first-order chi connectivity index (χ1) is 6.16. The van der Waals surface area contributed by atoms with Crippen molar-refractivity contribution in [3.63, 3.8) is 0 Å². The molecule has 0 amide bonds. The lowest BCUT2D eigenvalue weighted by atomic mass is 9.95. The highest BCUT2D eigenvalue weighted by atomic mass is 19.1. The Morgan fingerprint density at radius 2 is 2.46 bits per heavy atom. The Hall–Kier alpha value is -0.190. The second kappa shape index (κ2) is 4.88. The minimum atomic E-state index is -0.890. The van der Waals surface area contributed by atoms with Gasteiger partial charge in [0, 0.05) is 18.7 Å². The highest BCUT2D eigenvalue weighted by molar-refractivity contribution is 4.85. The van der Waals surface area contributed by atoms with Crippen LogP contribution >= 0.6 is 0 Å². The number of β-amino-alcohol motifs (C(OH)–C–C–N with tert-alkyl or cyclic N) is 1. The van der Waals surface area contributed by atoms with E-state index in [2.05, 4.69) is 5.32 Å². The van der Waals surface area contributed by atoms with Crippen molar-refractivity contribution in [2.24, 2.45) is 0 Å². The number of ether oxygens (including phenoxy) is 1. The van der Waals surface area contributed by atoms with Crippen molar-refractivity contribution < 1.29 is 14.2 Å². The zero-order valence-electron chi connectivity index (χ0n) is 8.05. The largest absolute Gasteiger partial charge is 0.389 e. The predicted octanol–water partition coefficient (Wildman–Crippen LogP) is 0.475. The lowest BCUT2D eigenvalue weighted by Gasteiger charge is -2.35. The molecule has 4 heteroatoms. The predicted molar refractivity (Wildman–Crippen MR) is 48.4 cm³/mol. The van der Waals surface area contributed by atoms with Gasteiger partial charge < -0.3 is 15.2 Å². The number of hydrogen-bond acceptors (Lipinski definition) is 3. The Morgan fingerprint density at radius 1 is 1.69 bits per heavy atom. The summed E-state index contributed by atoms with van der Waals surface area (Å²) in [6, 6.07) is 0. The summed E-state index contributed by atoms with van der Waals surface area (Å²) in [6.45, 7) is 3.10. The molecule has 0 bridgehead atoms. The first-order valence-electron chi connectivity index (χ1n) is 4.73. The molecule has 0 saturated carbocycles. The molecule has 1 aliphatic heterocycles. The van der Waals surface area contributed by atoms with Crippen molar-refractivity contribution in [1.82, 2.24) is 5.32 Å². The maximum Gasteiger partial charge on any atom is 0.117 e. The van der Waals surface area contributed by atoms with Gasteiger partial charge in [-0.05, 0) is 19.8 Å². The number of aliphatic hydroxyl groups is 1. The molecule has 0 radical (unpaired) electrons. The van der Waals surface area contributed by atoms with E-state index in [4.69, 9.17) is 9.84 Å². The SMILES string of the molecule is CC1(NCC(O)CF)CCCOC1. The van der Waals surface area contributed by atoms with Gasteiger partial charge in [0.2, 0.25) is 0 Å². The van der Waals surface area contributed by atoms with Crippen LogP contribution < -0.4 is 5.32 Å². The summed E-state index contributed by atoms with van der Waals surface area (Å²) < 4.78 is 17.3. The molecular weight excluding hydrogens is 173 g/mol. The number of halogens is 1. The number of hydrogen-bond donors (Lipinski definition) is 2. The summed E-state index contributed by atoms with van der Waals surface area (Å²) in [4.78, 5) is 0. The van der Waals surface area contributed by atoms with Crippen molar-refractivity contribution in [3.05, 3.63) is 0 Å². The molecule has 0 aromatic carbocycles. The van der Waals surface area contributed by atoms with Gasteiger partial charge in [-0.3, -0.25) is 0 Å². The van der Waals surface area contributed by atoms with E-state index in [1.807, 2.05) is 6.92 Å². The van der Waals surface area contributed by atoms with Gasteiger partial charge in [0.1, 0.15) is 6.67 Å². The monoisotopic (exact) mass is 191 g/mol. The van der Waals surface area contributed by atoms with Gasteiger partial charge in [0.05, 0.1) is 12.7 Å². The van der Waals surface area contributed by atoms with Crippen LogP contribution in [0.4, 0.5) is 4.39 Å². The zero-order valence-corrected chi connectivity index (χ0v) is 8.05. The normalized spacial score (nSPS) is 31.6. The van der Waals surface area contributed by atoms with E-state index in [1.165, 1.54) is 0 Å². The Bertz CT molecular complexity index is 149. The first kappa shape index (κ1) is 10.9. The van der Waals surface area contributed by atoms with Crippen LogP contribution in [0.15, 0.2) is 0 Å². The van der Waals surface area contributed by atoms with E-state index in [1.54, 1.807) is 0 Å². The minimum absolute atomic E-state index is 0.0889. The molecule has 1 heterocycles. The molecular formula is C9H18FNO2. The molecule has 1 aliphatic rings. The second-order valence-corrected chi connectivity index (χ2v) is 3.91. The summed E-state index contributed by atoms with van der Waals surface area (Å²) in [5.41, 5.74) is -0.0889. The van der Waals surface area contributed by atoms with Crippen LogP contribution in [0.1, 0.15) is 19.8 Å². The van der Waals surface area contributed by atoms with E-state index < -0.39 is 12.8 Å². The van der Waals surface area contributed by atoms with Crippen LogP contribution in [0.25, 0.3) is 0 Å². The van der Waals surface area contributed by atoms with E-state index in [-0.39, 0.29) is 5.54 Å². The summed E-state index contributed by atoms with van der Waals surface area (Å²) in [5.74, 6) is 0. The molecule has 2 unspecified atom stereocenters. The molecule has 1 rings (SSSR count). The Labute approximate surface area is 78.3 Å². The van der Waals surface area contributed by atoms with Crippen LogP contribution in [0, 0.1) is 0 Å². The van der Waals surface area contributed by atoms with E-state index in [9.17, 15) is 4.39 Å². The van der Waals surface area contributed by atoms with Crippen LogP contribution in [0.2, 0.25) is 0 Å². The molecule has 13 heavy (non-hydrogen) atoms. The molecule has 2 atom stereocenters. The van der Waals surface area contributed by atoms with Crippen molar-refractivity contribution in [1.29, 1.82) is 0 Å². The molecule has 0 aromatic heterocycles. The first-order valence-corrected chi connectivity index (χ1v) is 4.73. The van der Waals surface area contributed by atoms with Gasteiger partial charge in [0.15, 0.2) is 0 Å². The fourth-order valence-electron chi connectivity index (χ4n) is 1.49. The fourth-order valence-corrected chi connectivity index (χ4v) is 1.49. The van der Waals surface area contributed by atoms with Crippen LogP contribution in [-0.4, -0.2) is 43.2 Å². The quantitative estimate of drug-likeness (QED) is 0.679. The lowest BCUT2D eigenvalue weighted by molar-refractivity contribution is 0.0206. The third-order valence-corrected chi connectivity index (χ3v) is 2.38. The van der Waals surface area contributed by atoms with Gasteiger partial charge in [-0.15, -0.1) is 0 Å². The standard InChI is InChI=1S/C9H18FNO2/c1-9(3-2-4-13-7-9)11-6-8(12)5-10/h8,11-12H,2-7H2,1H3. The maximum atomic E-state index is 11.9. The Kier molecular flexibility index (Phi) is 4.09. The summed E-state index contributed by atoms with van der Waals surface area (Å²) >= 11 is 0. The van der Waals surface area contributed by atoms with E-state index >= 15 is 0 Å². The van der Waals surface area contributed by atoms with Crippen molar-refractivity contribution in [2.75, 3.05) is 26.4 Å². The highest BCUT2D eigenvalue weighted by Crippen LogP contribution is 2.17. The minimum Gasteiger partial charge on any atom is -0.389 e. The third kappa shape index (κ3) is 3.58. The summed E-state index contributed by atoms with van der Waals surface area (Å²) in [7, 11) is 0. The molecule has 2 N–H and O–H groups in total. The van der Waals surface area contributed by atoms with Gasteiger partial charge in [-0.2, -0.15) is 0 Å². The van der Waals surface area contributed by atoms with Crippen molar-refractivity contribution in [2.45, 2.75) is 31.4 Å². The van der Waals surface area contributed by atoms with Crippen LogP contribution in [0.3, 0.4) is 0 Å². The highest BCUT2D eigenvalue weighted by Gasteiger charge is 2.27. The average molecular weight is 191 g/mol. The van der Waals surface area contributed by atoms with Gasteiger partial charge in [-0.25, -0.2) is 4.39 Å². The van der Waals surface area contributed by atoms with Gasteiger partial charge >= 0.3 is 0 Å². The number of rotatable bonds is 4. The van der Waals surface area contributed by atoms with Gasteiger partial charge in [-0.1, -0.05) is 0 Å². The molecule has 0 aromatic rings. The van der Waals surface area contributed by atoms with Crippen molar-refractivity contribution >= 4 is 0 Å². The third-order valence-electron chi connectivity index (χ3n) is 2.38. The number of alkyl halides is 1. The molecule has 78 valence electrons. The smallest absolute Gasteiger partial charge is 0.117 e. The molecule has 1 saturated heterocycles. The van der Waals surface area contributed by atoms with E-state index in [0.717, 1.165) is 19.4 Å². The van der Waals surface area contributed by atoms with E-state index in [0.29, 0.717) is 13.2 Å².